The van der Waals surface area contributed by atoms with Gasteiger partial charge in [0, 0.05) is 22.6 Å². The number of hydrogen-bond acceptors (Lipinski definition) is 3. The molecule has 5 nitrogen and oxygen atoms in total. The van der Waals surface area contributed by atoms with Crippen LogP contribution in [0.4, 0.5) is 13.2 Å². The number of fused-ring (bicyclic) bond motifs is 1. The number of aromatic nitrogens is 4. The molecule has 2 aromatic carbocycles. The van der Waals surface area contributed by atoms with E-state index in [1.807, 2.05) is 12.1 Å². The summed E-state index contributed by atoms with van der Waals surface area (Å²) in [5, 5.41) is 9.87. The summed E-state index contributed by atoms with van der Waals surface area (Å²) in [6.07, 6.45) is 2.72. The normalized spacial score (nSPS) is 15.9. The SMILES string of the molecule is Cc1nn(-c2ccc(C(F)(F)F)cc2)nc1COc1ccc2c(ccn2C2(C)CCCC2)c1. The summed E-state index contributed by atoms with van der Waals surface area (Å²) >= 11 is 0. The van der Waals surface area contributed by atoms with Crippen molar-refractivity contribution in [2.45, 2.75) is 57.9 Å². The summed E-state index contributed by atoms with van der Waals surface area (Å²) in [6, 6.07) is 13.0. The molecular weight excluding hydrogens is 429 g/mol. The summed E-state index contributed by atoms with van der Waals surface area (Å²) in [4.78, 5) is 1.33. The monoisotopic (exact) mass is 454 g/mol. The highest BCUT2D eigenvalue weighted by molar-refractivity contribution is 5.82. The van der Waals surface area contributed by atoms with Crippen molar-refractivity contribution in [2.24, 2.45) is 0 Å². The van der Waals surface area contributed by atoms with Crippen molar-refractivity contribution >= 4 is 10.9 Å². The number of ether oxygens (including phenoxy) is 1. The van der Waals surface area contributed by atoms with Crippen LogP contribution in [-0.4, -0.2) is 19.6 Å². The molecule has 1 aliphatic rings. The van der Waals surface area contributed by atoms with E-state index in [0.29, 0.717) is 17.1 Å². The fraction of sp³-hybridized carbons (Fsp3) is 0.360. The van der Waals surface area contributed by atoms with Crippen LogP contribution in [0.2, 0.25) is 0 Å². The maximum Gasteiger partial charge on any atom is 0.416 e. The number of hydrogen-bond donors (Lipinski definition) is 0. The fourth-order valence-corrected chi connectivity index (χ4v) is 4.65. The molecule has 1 saturated carbocycles. The predicted molar refractivity (Wildman–Crippen MR) is 119 cm³/mol. The Bertz CT molecular complexity index is 1280. The Kier molecular flexibility index (Phi) is 5.18. The summed E-state index contributed by atoms with van der Waals surface area (Å²) < 4.78 is 46.7. The van der Waals surface area contributed by atoms with Gasteiger partial charge < -0.3 is 9.30 Å². The molecule has 0 N–H and O–H groups in total. The van der Waals surface area contributed by atoms with Gasteiger partial charge in [0.1, 0.15) is 18.1 Å². The van der Waals surface area contributed by atoms with E-state index in [1.165, 1.54) is 48.1 Å². The quantitative estimate of drug-likeness (QED) is 0.350. The van der Waals surface area contributed by atoms with E-state index in [4.69, 9.17) is 4.74 Å². The van der Waals surface area contributed by atoms with Gasteiger partial charge >= 0.3 is 6.18 Å². The minimum atomic E-state index is -4.37. The third-order valence-corrected chi connectivity index (χ3v) is 6.60. The zero-order valence-electron chi connectivity index (χ0n) is 18.6. The van der Waals surface area contributed by atoms with Crippen LogP contribution < -0.4 is 4.74 Å². The summed E-state index contributed by atoms with van der Waals surface area (Å²) in [5.41, 5.74) is 2.43. The maximum atomic E-state index is 12.8. The molecule has 0 unspecified atom stereocenters. The van der Waals surface area contributed by atoms with Crippen molar-refractivity contribution in [1.29, 1.82) is 0 Å². The Balaban J connectivity index is 1.31. The second-order valence-corrected chi connectivity index (χ2v) is 8.97. The van der Waals surface area contributed by atoms with Gasteiger partial charge in [-0.15, -0.1) is 5.10 Å². The minimum absolute atomic E-state index is 0.179. The summed E-state index contributed by atoms with van der Waals surface area (Å²) in [6.45, 7) is 4.35. The zero-order valence-corrected chi connectivity index (χ0v) is 18.6. The average Bonchev–Trinajstić information content (AvgIpc) is 3.50. The van der Waals surface area contributed by atoms with Crippen molar-refractivity contribution in [3.63, 3.8) is 0 Å². The Morgan fingerprint density at radius 3 is 2.42 bits per heavy atom. The molecule has 172 valence electrons. The van der Waals surface area contributed by atoms with Gasteiger partial charge in [0.15, 0.2) is 0 Å². The van der Waals surface area contributed by atoms with Gasteiger partial charge in [-0.2, -0.15) is 23.1 Å². The third kappa shape index (κ3) is 4.10. The number of aryl methyl sites for hydroxylation is 1. The largest absolute Gasteiger partial charge is 0.487 e. The highest BCUT2D eigenvalue weighted by Gasteiger charge is 2.31. The number of nitrogens with zero attached hydrogens (tertiary/aromatic N) is 4. The molecular formula is C25H25F3N4O. The van der Waals surface area contributed by atoms with Gasteiger partial charge in [0.05, 0.1) is 16.9 Å². The van der Waals surface area contributed by atoms with Gasteiger partial charge in [-0.1, -0.05) is 12.8 Å². The Morgan fingerprint density at radius 2 is 1.73 bits per heavy atom. The molecule has 0 aliphatic heterocycles. The van der Waals surface area contributed by atoms with Crippen LogP contribution in [0.15, 0.2) is 54.7 Å². The van der Waals surface area contributed by atoms with Crippen LogP contribution in [0.1, 0.15) is 49.6 Å². The van der Waals surface area contributed by atoms with Crippen molar-refractivity contribution in [3.05, 3.63) is 71.7 Å². The van der Waals surface area contributed by atoms with Crippen molar-refractivity contribution in [3.8, 4) is 11.4 Å². The second kappa shape index (κ2) is 7.93. The van der Waals surface area contributed by atoms with E-state index in [-0.39, 0.29) is 12.1 Å². The Labute approximate surface area is 189 Å². The van der Waals surface area contributed by atoms with Crippen LogP contribution in [0.3, 0.4) is 0 Å². The Morgan fingerprint density at radius 1 is 1.00 bits per heavy atom. The average molecular weight is 454 g/mol. The van der Waals surface area contributed by atoms with Crippen LogP contribution in [0.25, 0.3) is 16.6 Å². The van der Waals surface area contributed by atoms with Crippen molar-refractivity contribution in [1.82, 2.24) is 19.6 Å². The molecule has 33 heavy (non-hydrogen) atoms. The lowest BCUT2D eigenvalue weighted by Crippen LogP contribution is -2.25. The molecule has 4 aromatic rings. The zero-order chi connectivity index (χ0) is 23.2. The lowest BCUT2D eigenvalue weighted by Gasteiger charge is -2.27. The van der Waals surface area contributed by atoms with Crippen LogP contribution >= 0.6 is 0 Å². The van der Waals surface area contributed by atoms with Crippen LogP contribution in [-0.2, 0) is 18.3 Å². The fourth-order valence-electron chi connectivity index (χ4n) is 4.65. The van der Waals surface area contributed by atoms with E-state index in [9.17, 15) is 13.2 Å². The molecule has 2 heterocycles. The first-order valence-electron chi connectivity index (χ1n) is 11.1. The molecule has 1 fully saturated rings. The minimum Gasteiger partial charge on any atom is -0.487 e. The van der Waals surface area contributed by atoms with Gasteiger partial charge in [-0.3, -0.25) is 0 Å². The molecule has 8 heteroatoms. The van der Waals surface area contributed by atoms with E-state index < -0.39 is 11.7 Å². The first-order valence-corrected chi connectivity index (χ1v) is 11.1. The third-order valence-electron chi connectivity index (χ3n) is 6.60. The summed E-state index contributed by atoms with van der Waals surface area (Å²) in [7, 11) is 0. The highest BCUT2D eigenvalue weighted by Crippen LogP contribution is 2.39. The second-order valence-electron chi connectivity index (χ2n) is 8.97. The molecule has 0 atom stereocenters. The number of benzene rings is 2. The van der Waals surface area contributed by atoms with Gasteiger partial charge in [-0.05, 0) is 75.2 Å². The van der Waals surface area contributed by atoms with E-state index in [2.05, 4.69) is 40.0 Å². The summed E-state index contributed by atoms with van der Waals surface area (Å²) in [5.74, 6) is 0.736. The molecule has 5 rings (SSSR count). The number of halogens is 3. The van der Waals surface area contributed by atoms with E-state index >= 15 is 0 Å². The smallest absolute Gasteiger partial charge is 0.416 e. The number of alkyl halides is 3. The predicted octanol–water partition coefficient (Wildman–Crippen LogP) is 6.42. The van der Waals surface area contributed by atoms with Gasteiger partial charge in [-0.25, -0.2) is 0 Å². The number of rotatable bonds is 5. The first-order chi connectivity index (χ1) is 15.7. The van der Waals surface area contributed by atoms with Crippen LogP contribution in [0.5, 0.6) is 5.75 Å². The topological polar surface area (TPSA) is 44.9 Å². The van der Waals surface area contributed by atoms with Crippen molar-refractivity contribution in [2.75, 3.05) is 0 Å². The lowest BCUT2D eigenvalue weighted by molar-refractivity contribution is -0.137. The molecule has 1 aliphatic carbocycles. The molecule has 2 aromatic heterocycles. The molecule has 0 spiro atoms. The Hall–Kier alpha value is -3.29. The maximum absolute atomic E-state index is 12.8. The van der Waals surface area contributed by atoms with Gasteiger partial charge in [0.2, 0.25) is 0 Å². The molecule has 0 saturated heterocycles. The standard InChI is InChI=1S/C25H25F3N4O/c1-17-22(30-32(29-17)20-7-5-19(6-8-20)25(26,27)28)16-33-21-9-10-23-18(15-21)11-14-31(23)24(2)12-3-4-13-24/h5-11,14-15H,3-4,12-13,16H2,1-2H3. The lowest BCUT2D eigenvalue weighted by atomic mass is 10.0. The molecule has 0 bridgehead atoms. The first kappa shape index (κ1) is 21.6. The molecule has 0 amide bonds. The molecule has 0 radical (unpaired) electrons. The van der Waals surface area contributed by atoms with Crippen molar-refractivity contribution < 1.29 is 17.9 Å². The van der Waals surface area contributed by atoms with Crippen LogP contribution in [0, 0.1) is 6.92 Å². The van der Waals surface area contributed by atoms with E-state index in [1.54, 1.807) is 6.92 Å². The highest BCUT2D eigenvalue weighted by atomic mass is 19.4. The van der Waals surface area contributed by atoms with E-state index in [0.717, 1.165) is 23.3 Å². The van der Waals surface area contributed by atoms with Gasteiger partial charge in [0.25, 0.3) is 0 Å².